The van der Waals surface area contributed by atoms with Gasteiger partial charge >= 0.3 is 10.3 Å². The van der Waals surface area contributed by atoms with Crippen LogP contribution in [0, 0.1) is 5.41 Å². The monoisotopic (exact) mass is 527 g/mol. The summed E-state index contributed by atoms with van der Waals surface area (Å²) in [5.41, 5.74) is 11.6. The van der Waals surface area contributed by atoms with Crippen LogP contribution in [0.4, 0.5) is 5.13 Å². The Kier molecular flexibility index (Phi) is 7.75. The van der Waals surface area contributed by atoms with E-state index in [1.807, 2.05) is 12.1 Å². The molecule has 13 nitrogen and oxygen atoms in total. The van der Waals surface area contributed by atoms with Gasteiger partial charge in [0.15, 0.2) is 10.8 Å². The number of benzene rings is 1. The van der Waals surface area contributed by atoms with Crippen LogP contribution in [-0.4, -0.2) is 70.1 Å². The summed E-state index contributed by atoms with van der Waals surface area (Å²) in [5, 5.41) is 15.3. The molecule has 2 aromatic rings. The Morgan fingerprint density at radius 1 is 1.41 bits per heavy atom. The summed E-state index contributed by atoms with van der Waals surface area (Å²) in [6, 6.07) is 4.92. The van der Waals surface area contributed by atoms with E-state index in [1.165, 1.54) is 24.1 Å². The van der Waals surface area contributed by atoms with Gasteiger partial charge in [-0.15, -0.1) is 23.1 Å². The van der Waals surface area contributed by atoms with Gasteiger partial charge in [-0.3, -0.25) is 19.6 Å². The van der Waals surface area contributed by atoms with Crippen molar-refractivity contribution in [1.29, 1.82) is 5.41 Å². The van der Waals surface area contributed by atoms with Gasteiger partial charge in [-0.05, 0) is 19.1 Å². The number of hydrogen-bond acceptors (Lipinski definition) is 11. The van der Waals surface area contributed by atoms with E-state index >= 15 is 0 Å². The van der Waals surface area contributed by atoms with Gasteiger partial charge in [0.1, 0.15) is 24.2 Å². The molecule has 0 radical (unpaired) electrons. The number of nitrogens with one attached hydrogen (secondary N) is 2. The number of thiazole rings is 1. The summed E-state index contributed by atoms with van der Waals surface area (Å²) >= 11 is 2.53. The molecular weight excluding hydrogens is 506 g/mol. The third-order valence-electron chi connectivity index (χ3n) is 4.61. The van der Waals surface area contributed by atoms with Crippen molar-refractivity contribution >= 4 is 61.9 Å². The molecule has 1 aliphatic heterocycles. The van der Waals surface area contributed by atoms with Gasteiger partial charge in [-0.25, -0.2) is 9.29 Å². The van der Waals surface area contributed by atoms with Crippen LogP contribution in [0.25, 0.3) is 0 Å². The van der Waals surface area contributed by atoms with Crippen LogP contribution in [0.15, 0.2) is 39.7 Å². The molecule has 1 aromatic carbocycles. The van der Waals surface area contributed by atoms with Crippen LogP contribution < -0.4 is 16.8 Å². The van der Waals surface area contributed by atoms with Gasteiger partial charge in [0.2, 0.25) is 0 Å². The van der Waals surface area contributed by atoms with Crippen molar-refractivity contribution in [3.8, 4) is 0 Å². The minimum absolute atomic E-state index is 0.0219. The number of nitrogens with zero attached hydrogens (tertiary/aromatic N) is 3. The van der Waals surface area contributed by atoms with Gasteiger partial charge in [-0.1, -0.05) is 17.3 Å². The summed E-state index contributed by atoms with van der Waals surface area (Å²) < 4.78 is 31.8. The molecule has 34 heavy (non-hydrogen) atoms. The minimum atomic E-state index is -4.72. The Morgan fingerprint density at radius 2 is 2.09 bits per heavy atom. The number of thioether (sulfide) groups is 1. The Balaban J connectivity index is 1.61. The number of amides is 2. The molecule has 2 heterocycles. The van der Waals surface area contributed by atoms with Gasteiger partial charge < -0.3 is 21.6 Å². The zero-order valence-corrected chi connectivity index (χ0v) is 20.1. The number of carbonyl (C=O) groups is 2. The molecule has 1 aromatic heterocycles. The number of hydrogen-bond donors (Lipinski definition) is 5. The predicted octanol–water partition coefficient (Wildman–Crippen LogP) is 0.0407. The number of nitrogens with two attached hydrogens (primary N) is 2. The zero-order valence-electron chi connectivity index (χ0n) is 17.7. The summed E-state index contributed by atoms with van der Waals surface area (Å²) in [7, 11) is -4.72. The highest BCUT2D eigenvalue weighted by Gasteiger charge is 2.51. The minimum Gasteiger partial charge on any atom is -0.394 e. The molecule has 0 bridgehead atoms. The van der Waals surface area contributed by atoms with E-state index in [4.69, 9.17) is 26.3 Å². The van der Waals surface area contributed by atoms with Crippen LogP contribution in [0.2, 0.25) is 0 Å². The molecule has 182 valence electrons. The molecule has 1 saturated heterocycles. The second kappa shape index (κ2) is 10.4. The molecule has 0 spiro atoms. The third-order valence-corrected chi connectivity index (χ3v) is 7.27. The van der Waals surface area contributed by atoms with Gasteiger partial charge in [-0.2, -0.15) is 8.42 Å². The second-order valence-electron chi connectivity index (χ2n) is 6.93. The lowest BCUT2D eigenvalue weighted by atomic mass is 10.0. The number of oxime groups is 1. The highest BCUT2D eigenvalue weighted by atomic mass is 32.2. The zero-order chi connectivity index (χ0) is 25.0. The summed E-state index contributed by atoms with van der Waals surface area (Å²) in [6.45, 7) is 1.49. The number of carbonyl (C=O) groups excluding carboxylic acids is 2. The maximum Gasteiger partial charge on any atom is 0.362 e. The normalized spacial score (nSPS) is 18.4. The number of rotatable bonds is 10. The topological polar surface area (TPSA) is 214 Å². The van der Waals surface area contributed by atoms with E-state index in [9.17, 15) is 18.0 Å². The summed E-state index contributed by atoms with van der Waals surface area (Å²) in [4.78, 5) is 35.0. The molecule has 0 saturated carbocycles. The highest BCUT2D eigenvalue weighted by Crippen LogP contribution is 2.23. The molecule has 0 unspecified atom stereocenters. The molecule has 16 heteroatoms. The first-order valence-electron chi connectivity index (χ1n) is 9.59. The van der Waals surface area contributed by atoms with E-state index < -0.39 is 34.2 Å². The summed E-state index contributed by atoms with van der Waals surface area (Å²) in [5.74, 6) is -1.34. The number of amidine groups is 1. The van der Waals surface area contributed by atoms with Crippen molar-refractivity contribution < 1.29 is 27.4 Å². The Morgan fingerprint density at radius 3 is 2.62 bits per heavy atom. The lowest BCUT2D eigenvalue weighted by Crippen LogP contribution is -2.71. The number of anilines is 1. The Hall–Kier alpha value is -3.21. The van der Waals surface area contributed by atoms with Crippen molar-refractivity contribution in [3.05, 3.63) is 40.9 Å². The molecular formula is C18H21N7O6S3. The van der Waals surface area contributed by atoms with E-state index in [1.54, 1.807) is 12.1 Å². The smallest absolute Gasteiger partial charge is 0.362 e. The number of aromatic nitrogens is 1. The van der Waals surface area contributed by atoms with Crippen LogP contribution in [0.3, 0.4) is 0 Å². The van der Waals surface area contributed by atoms with Crippen LogP contribution in [0.5, 0.6) is 0 Å². The predicted molar refractivity (Wildman–Crippen MR) is 127 cm³/mol. The molecule has 3 rings (SSSR count). The molecule has 2 atom stereocenters. The summed E-state index contributed by atoms with van der Waals surface area (Å²) in [6.07, 6.45) is 0. The number of β-lactam (4-membered cyclic amide) rings is 1. The Labute approximate surface area is 202 Å². The highest BCUT2D eigenvalue weighted by molar-refractivity contribution is 7.99. The van der Waals surface area contributed by atoms with Crippen molar-refractivity contribution in [2.75, 3.05) is 18.1 Å². The lowest BCUT2D eigenvalue weighted by molar-refractivity contribution is -0.143. The molecule has 7 N–H and O–H groups in total. The van der Waals surface area contributed by atoms with Crippen molar-refractivity contribution in [2.45, 2.75) is 23.9 Å². The van der Waals surface area contributed by atoms with E-state index in [0.29, 0.717) is 11.3 Å². The SMILES string of the molecule is C[C@H]1[C@H](NC(=O)C(=NOCCSc2ccc(C(=N)N)cc2)c2csc(N)n2)C(=O)N1S(=O)(=O)O. The van der Waals surface area contributed by atoms with Gasteiger partial charge in [0, 0.05) is 21.6 Å². The largest absolute Gasteiger partial charge is 0.394 e. The first kappa shape index (κ1) is 25.4. The lowest BCUT2D eigenvalue weighted by Gasteiger charge is -2.42. The molecule has 1 aliphatic rings. The average Bonchev–Trinajstić information content (AvgIpc) is 3.19. The Bertz CT molecular complexity index is 1230. The first-order chi connectivity index (χ1) is 16.0. The van der Waals surface area contributed by atoms with Crippen LogP contribution in [-0.2, 0) is 24.7 Å². The van der Waals surface area contributed by atoms with Crippen LogP contribution >= 0.6 is 23.1 Å². The van der Waals surface area contributed by atoms with E-state index in [0.717, 1.165) is 16.2 Å². The fourth-order valence-corrected chi connectivity index (χ4v) is 5.10. The van der Waals surface area contributed by atoms with Crippen LogP contribution in [0.1, 0.15) is 18.2 Å². The number of nitrogen functional groups attached to an aromatic ring is 2. The molecule has 2 amide bonds. The van der Waals surface area contributed by atoms with E-state index in [-0.39, 0.29) is 33.3 Å². The molecule has 1 fully saturated rings. The third kappa shape index (κ3) is 5.82. The second-order valence-corrected chi connectivity index (χ2v) is 10.3. The van der Waals surface area contributed by atoms with Gasteiger partial charge in [0.05, 0.1) is 6.04 Å². The first-order valence-corrected chi connectivity index (χ1v) is 12.9. The van der Waals surface area contributed by atoms with Crippen molar-refractivity contribution in [3.63, 3.8) is 0 Å². The average molecular weight is 528 g/mol. The van der Waals surface area contributed by atoms with Gasteiger partial charge in [0.25, 0.3) is 11.8 Å². The maximum atomic E-state index is 12.8. The van der Waals surface area contributed by atoms with E-state index in [2.05, 4.69) is 15.5 Å². The maximum absolute atomic E-state index is 12.8. The fraction of sp³-hybridized carbons (Fsp3) is 0.278. The fourth-order valence-electron chi connectivity index (χ4n) is 2.95. The van der Waals surface area contributed by atoms with Crippen molar-refractivity contribution in [1.82, 2.24) is 14.6 Å². The quantitative estimate of drug-likeness (QED) is 0.0532. The standard InChI is InChI=1S/C18H21N7O6S3/c1-9-13(17(27)25(9)34(28,29)30)23-16(26)14(12-8-33-18(21)22-12)24-31-6-7-32-11-4-2-10(3-5-11)15(19)20/h2-5,8-9,13H,6-7H2,1H3,(H3,19,20)(H2,21,22)(H,23,26)(H,28,29,30)/t9-,13-/m0/s1. The van der Waals surface area contributed by atoms with Crippen molar-refractivity contribution in [2.24, 2.45) is 10.9 Å². The molecule has 0 aliphatic carbocycles.